The Balaban J connectivity index is 1.54. The summed E-state index contributed by atoms with van der Waals surface area (Å²) in [4.78, 5) is 25.8. The number of methoxy groups -OCH3 is 1. The number of fused-ring (bicyclic) bond motifs is 1. The van der Waals surface area contributed by atoms with Gasteiger partial charge in [0.25, 0.3) is 5.91 Å². The van der Waals surface area contributed by atoms with Crippen LogP contribution in [0.3, 0.4) is 0 Å². The average Bonchev–Trinajstić information content (AvgIpc) is 3.41. The van der Waals surface area contributed by atoms with Gasteiger partial charge in [0.1, 0.15) is 11.4 Å². The molecule has 0 fully saturated rings. The van der Waals surface area contributed by atoms with E-state index in [0.717, 1.165) is 78.3 Å². The summed E-state index contributed by atoms with van der Waals surface area (Å²) in [6, 6.07) is 13.5. The van der Waals surface area contributed by atoms with Crippen LogP contribution in [0.5, 0.6) is 5.75 Å². The van der Waals surface area contributed by atoms with E-state index in [0.29, 0.717) is 17.1 Å². The number of hydrogen-bond acceptors (Lipinski definition) is 6. The first kappa shape index (κ1) is 29.4. The maximum atomic E-state index is 13.2. The predicted molar refractivity (Wildman–Crippen MR) is 165 cm³/mol. The molecule has 0 aliphatic rings. The van der Waals surface area contributed by atoms with E-state index in [4.69, 9.17) is 22.1 Å². The van der Waals surface area contributed by atoms with Crippen molar-refractivity contribution in [3.63, 3.8) is 0 Å². The standard InChI is InChI=1S/C31H39ClN6O2/c1-5-37(6-2)14-15-38(7-3)13-12-34-31(39)25-16-21(18-27(32)29(25)33)22-17-24-26(20-36-30(24)35-19-22)23-10-8-9-11-28(23)40-4/h8-11,16-20H,5-7,12-15,33H2,1-4H3,(H,34,39)(H,35,36). The van der Waals surface area contributed by atoms with Crippen molar-refractivity contribution in [3.8, 4) is 28.0 Å². The molecule has 0 aliphatic carbocycles. The molecule has 0 spiro atoms. The van der Waals surface area contributed by atoms with Crippen molar-refractivity contribution < 1.29 is 9.53 Å². The number of carbonyl (C=O) groups excluding carboxylic acids is 1. The highest BCUT2D eigenvalue weighted by Crippen LogP contribution is 2.37. The van der Waals surface area contributed by atoms with Crippen molar-refractivity contribution in [1.82, 2.24) is 25.1 Å². The van der Waals surface area contributed by atoms with Crippen LogP contribution < -0.4 is 15.8 Å². The quantitative estimate of drug-likeness (QED) is 0.185. The zero-order valence-electron chi connectivity index (χ0n) is 23.8. The fraction of sp³-hybridized carbons (Fsp3) is 0.355. The van der Waals surface area contributed by atoms with Gasteiger partial charge in [0, 0.05) is 60.6 Å². The first-order valence-corrected chi connectivity index (χ1v) is 14.2. The fourth-order valence-electron chi connectivity index (χ4n) is 4.90. The van der Waals surface area contributed by atoms with Gasteiger partial charge in [-0.05, 0) is 49.5 Å². The van der Waals surface area contributed by atoms with Crippen LogP contribution in [-0.4, -0.2) is 78.6 Å². The molecule has 1 amide bonds. The van der Waals surface area contributed by atoms with Gasteiger partial charge < -0.3 is 30.6 Å². The lowest BCUT2D eigenvalue weighted by Gasteiger charge is -2.25. The normalized spacial score (nSPS) is 11.5. The summed E-state index contributed by atoms with van der Waals surface area (Å²) in [6.07, 6.45) is 3.69. The summed E-state index contributed by atoms with van der Waals surface area (Å²) in [6.45, 7) is 12.7. The summed E-state index contributed by atoms with van der Waals surface area (Å²) >= 11 is 6.52. The Labute approximate surface area is 241 Å². The Morgan fingerprint density at radius 1 is 1.00 bits per heavy atom. The third-order valence-corrected chi connectivity index (χ3v) is 7.74. The Morgan fingerprint density at radius 2 is 1.73 bits per heavy atom. The number of H-pyrrole nitrogens is 1. The zero-order valence-corrected chi connectivity index (χ0v) is 24.5. The number of anilines is 1. The molecule has 0 aliphatic heterocycles. The second-order valence-electron chi connectivity index (χ2n) is 9.66. The number of halogens is 1. The first-order chi connectivity index (χ1) is 19.4. The van der Waals surface area contributed by atoms with Gasteiger partial charge in [-0.2, -0.15) is 0 Å². The number of nitrogens with two attached hydrogens (primary N) is 1. The van der Waals surface area contributed by atoms with Gasteiger partial charge in [-0.15, -0.1) is 0 Å². The molecule has 2 aromatic heterocycles. The summed E-state index contributed by atoms with van der Waals surface area (Å²) < 4.78 is 5.58. The molecule has 2 aromatic carbocycles. The van der Waals surface area contributed by atoms with Crippen molar-refractivity contribution >= 4 is 34.2 Å². The van der Waals surface area contributed by atoms with Gasteiger partial charge in [-0.3, -0.25) is 4.79 Å². The van der Waals surface area contributed by atoms with Gasteiger partial charge in [-0.1, -0.05) is 50.6 Å². The van der Waals surface area contributed by atoms with E-state index < -0.39 is 0 Å². The van der Waals surface area contributed by atoms with Gasteiger partial charge in [0.15, 0.2) is 0 Å². The van der Waals surface area contributed by atoms with Gasteiger partial charge in [-0.25, -0.2) is 4.98 Å². The molecule has 0 atom stereocenters. The molecule has 4 N–H and O–H groups in total. The Kier molecular flexibility index (Phi) is 10.0. The summed E-state index contributed by atoms with van der Waals surface area (Å²) in [7, 11) is 1.66. The molecule has 8 nitrogen and oxygen atoms in total. The second-order valence-corrected chi connectivity index (χ2v) is 10.1. The van der Waals surface area contributed by atoms with E-state index in [1.807, 2.05) is 36.5 Å². The Morgan fingerprint density at radius 3 is 2.45 bits per heavy atom. The fourth-order valence-corrected chi connectivity index (χ4v) is 5.12. The molecular weight excluding hydrogens is 524 g/mol. The van der Waals surface area contributed by atoms with Crippen LogP contribution in [0, 0.1) is 0 Å². The highest BCUT2D eigenvalue weighted by Gasteiger charge is 2.17. The number of pyridine rings is 1. The van der Waals surface area contributed by atoms with E-state index >= 15 is 0 Å². The molecule has 0 saturated heterocycles. The summed E-state index contributed by atoms with van der Waals surface area (Å²) in [5.41, 5.74) is 11.2. The van der Waals surface area contributed by atoms with Crippen LogP contribution in [0.2, 0.25) is 5.02 Å². The highest BCUT2D eigenvalue weighted by atomic mass is 35.5. The Bertz CT molecular complexity index is 1450. The van der Waals surface area contributed by atoms with E-state index in [9.17, 15) is 4.79 Å². The predicted octanol–water partition coefficient (Wildman–Crippen LogP) is 5.53. The van der Waals surface area contributed by atoms with Crippen LogP contribution in [0.15, 0.2) is 54.9 Å². The second kappa shape index (κ2) is 13.7. The number of carbonyl (C=O) groups is 1. The Hall–Kier alpha value is -3.59. The third-order valence-electron chi connectivity index (χ3n) is 7.42. The number of aromatic nitrogens is 2. The molecule has 212 valence electrons. The smallest absolute Gasteiger partial charge is 0.253 e. The largest absolute Gasteiger partial charge is 0.496 e. The summed E-state index contributed by atoms with van der Waals surface area (Å²) in [5.74, 6) is 0.532. The zero-order chi connectivity index (χ0) is 28.6. The minimum Gasteiger partial charge on any atom is -0.496 e. The number of hydrogen-bond donors (Lipinski definition) is 3. The van der Waals surface area contributed by atoms with Gasteiger partial charge in [0.2, 0.25) is 0 Å². The number of ether oxygens (including phenoxy) is 1. The summed E-state index contributed by atoms with van der Waals surface area (Å²) in [5, 5.41) is 4.29. The lowest BCUT2D eigenvalue weighted by Crippen LogP contribution is -2.39. The number of benzene rings is 2. The van der Waals surface area contributed by atoms with Crippen molar-refractivity contribution in [2.45, 2.75) is 20.8 Å². The maximum Gasteiger partial charge on any atom is 0.253 e. The molecule has 40 heavy (non-hydrogen) atoms. The van der Waals surface area contributed by atoms with Crippen LogP contribution in [-0.2, 0) is 0 Å². The van der Waals surface area contributed by atoms with Gasteiger partial charge >= 0.3 is 0 Å². The van der Waals surface area contributed by atoms with Crippen LogP contribution in [0.1, 0.15) is 31.1 Å². The van der Waals surface area contributed by atoms with E-state index in [1.165, 1.54) is 0 Å². The molecular formula is C31H39ClN6O2. The molecule has 4 rings (SSSR count). The molecule has 0 bridgehead atoms. The molecule has 0 radical (unpaired) electrons. The number of aromatic amines is 1. The van der Waals surface area contributed by atoms with Crippen molar-refractivity contribution in [2.24, 2.45) is 0 Å². The lowest BCUT2D eigenvalue weighted by molar-refractivity contribution is 0.0948. The average molecular weight is 563 g/mol. The maximum absolute atomic E-state index is 13.2. The monoisotopic (exact) mass is 562 g/mol. The van der Waals surface area contributed by atoms with E-state index in [2.05, 4.69) is 45.9 Å². The SMILES string of the molecule is CCN(CC)CCN(CC)CCNC(=O)c1cc(-c2cnc3[nH]cc(-c4ccccc4OC)c3c2)cc(Cl)c1N. The van der Waals surface area contributed by atoms with Crippen molar-refractivity contribution in [2.75, 3.05) is 58.7 Å². The van der Waals surface area contributed by atoms with Gasteiger partial charge in [0.05, 0.1) is 23.4 Å². The number of likely N-dealkylation sites (N-methyl/N-ethyl adjacent to an activating group) is 2. The molecule has 2 heterocycles. The number of para-hydroxylation sites is 1. The number of amides is 1. The van der Waals surface area contributed by atoms with Crippen LogP contribution in [0.25, 0.3) is 33.3 Å². The molecule has 4 aromatic rings. The lowest BCUT2D eigenvalue weighted by atomic mass is 9.99. The van der Waals surface area contributed by atoms with E-state index in [-0.39, 0.29) is 11.6 Å². The first-order valence-electron chi connectivity index (χ1n) is 13.8. The minimum absolute atomic E-state index is 0.244. The topological polar surface area (TPSA) is 99.5 Å². The minimum atomic E-state index is -0.244. The number of nitrogen functional groups attached to an aromatic ring is 1. The van der Waals surface area contributed by atoms with Crippen molar-refractivity contribution in [3.05, 3.63) is 65.4 Å². The van der Waals surface area contributed by atoms with Crippen LogP contribution in [0.4, 0.5) is 5.69 Å². The van der Waals surface area contributed by atoms with Crippen molar-refractivity contribution in [1.29, 1.82) is 0 Å². The highest BCUT2D eigenvalue weighted by molar-refractivity contribution is 6.34. The third kappa shape index (κ3) is 6.58. The molecule has 0 unspecified atom stereocenters. The number of nitrogens with zero attached hydrogens (tertiary/aromatic N) is 3. The molecule has 9 heteroatoms. The number of nitrogens with one attached hydrogen (secondary N) is 2. The van der Waals surface area contributed by atoms with E-state index in [1.54, 1.807) is 25.4 Å². The molecule has 0 saturated carbocycles. The number of rotatable bonds is 13. The van der Waals surface area contributed by atoms with Crippen LogP contribution >= 0.6 is 11.6 Å².